The summed E-state index contributed by atoms with van der Waals surface area (Å²) in [6.07, 6.45) is 2.04. The van der Waals surface area contributed by atoms with Gasteiger partial charge in [0.15, 0.2) is 0 Å². The minimum atomic E-state index is -0.141. The van der Waals surface area contributed by atoms with Crippen LogP contribution in [0, 0.1) is 11.7 Å². The Morgan fingerprint density at radius 1 is 1.31 bits per heavy atom. The minimum absolute atomic E-state index is 0.0815. The highest BCUT2D eigenvalue weighted by molar-refractivity contribution is 9.10. The first-order valence-electron chi connectivity index (χ1n) is 5.67. The van der Waals surface area contributed by atoms with E-state index in [1.54, 1.807) is 6.07 Å². The van der Waals surface area contributed by atoms with Gasteiger partial charge in [-0.25, -0.2) is 4.39 Å². The van der Waals surface area contributed by atoms with Crippen LogP contribution >= 0.6 is 15.9 Å². The Morgan fingerprint density at radius 3 is 2.50 bits per heavy atom. The van der Waals surface area contributed by atoms with Gasteiger partial charge in [-0.1, -0.05) is 35.8 Å². The number of nitrogens with one attached hydrogen (secondary N) is 1. The smallest absolute Gasteiger partial charge is 0.129 e. The van der Waals surface area contributed by atoms with Gasteiger partial charge in [0.1, 0.15) is 5.82 Å². The van der Waals surface area contributed by atoms with Gasteiger partial charge < -0.3 is 5.32 Å². The van der Waals surface area contributed by atoms with Crippen LogP contribution in [0.4, 0.5) is 4.39 Å². The first-order valence-corrected chi connectivity index (χ1v) is 6.46. The number of hydrogen-bond donors (Lipinski definition) is 1. The maximum atomic E-state index is 13.7. The van der Waals surface area contributed by atoms with Gasteiger partial charge in [0, 0.05) is 16.1 Å². The molecule has 0 aliphatic carbocycles. The molecule has 1 N–H and O–H groups in total. The second-order valence-electron chi connectivity index (χ2n) is 4.45. The van der Waals surface area contributed by atoms with Crippen LogP contribution in [-0.2, 0) is 0 Å². The first kappa shape index (κ1) is 13.7. The highest BCUT2D eigenvalue weighted by atomic mass is 79.9. The lowest BCUT2D eigenvalue weighted by molar-refractivity contribution is 0.448. The molecule has 0 aliphatic rings. The Kier molecular flexibility index (Phi) is 5.42. The third-order valence-corrected chi connectivity index (χ3v) is 3.42. The molecule has 90 valence electrons. The monoisotopic (exact) mass is 287 g/mol. The summed E-state index contributed by atoms with van der Waals surface area (Å²) in [7, 11) is 1.88. The van der Waals surface area contributed by atoms with Crippen molar-refractivity contribution in [1.29, 1.82) is 0 Å². The van der Waals surface area contributed by atoms with E-state index < -0.39 is 0 Å². The van der Waals surface area contributed by atoms with Crippen molar-refractivity contribution in [3.63, 3.8) is 0 Å². The molecule has 0 saturated heterocycles. The summed E-state index contributed by atoms with van der Waals surface area (Å²) >= 11 is 3.42. The van der Waals surface area contributed by atoms with Crippen molar-refractivity contribution < 1.29 is 4.39 Å². The molecule has 0 aliphatic heterocycles. The Bertz CT molecular complexity index is 318. The van der Waals surface area contributed by atoms with Crippen LogP contribution in [0.5, 0.6) is 0 Å². The van der Waals surface area contributed by atoms with E-state index in [1.165, 1.54) is 6.07 Å². The summed E-state index contributed by atoms with van der Waals surface area (Å²) in [5, 5.41) is 3.19. The molecule has 1 aromatic carbocycles. The number of halogens is 2. The second kappa shape index (κ2) is 6.36. The summed E-state index contributed by atoms with van der Waals surface area (Å²) in [6.45, 7) is 4.37. The standard InChI is InChI=1S/C13H19BrFN/c1-9(2)7-8-12(16-3)13-10(14)5-4-6-11(13)15/h4-6,9,12,16H,7-8H2,1-3H3. The average molecular weight is 288 g/mol. The minimum Gasteiger partial charge on any atom is -0.313 e. The van der Waals surface area contributed by atoms with Crippen molar-refractivity contribution in [1.82, 2.24) is 5.32 Å². The molecule has 0 aromatic heterocycles. The van der Waals surface area contributed by atoms with E-state index in [1.807, 2.05) is 13.1 Å². The highest BCUT2D eigenvalue weighted by Crippen LogP contribution is 2.29. The van der Waals surface area contributed by atoms with Crippen LogP contribution in [0.25, 0.3) is 0 Å². The molecule has 0 saturated carbocycles. The molecule has 1 unspecified atom stereocenters. The van der Waals surface area contributed by atoms with Gasteiger partial charge in [0.25, 0.3) is 0 Å². The maximum Gasteiger partial charge on any atom is 0.129 e. The topological polar surface area (TPSA) is 12.0 Å². The van der Waals surface area contributed by atoms with Crippen LogP contribution < -0.4 is 5.32 Å². The summed E-state index contributed by atoms with van der Waals surface area (Å²) < 4.78 is 14.6. The van der Waals surface area contributed by atoms with Gasteiger partial charge in [-0.3, -0.25) is 0 Å². The Hall–Kier alpha value is -0.410. The summed E-state index contributed by atoms with van der Waals surface area (Å²) in [4.78, 5) is 0. The van der Waals surface area contributed by atoms with Gasteiger partial charge in [-0.2, -0.15) is 0 Å². The predicted molar refractivity (Wildman–Crippen MR) is 70.0 cm³/mol. The Balaban J connectivity index is 2.86. The molecule has 3 heteroatoms. The summed E-state index contributed by atoms with van der Waals surface area (Å²) in [5.74, 6) is 0.499. The van der Waals surface area contributed by atoms with Crippen molar-refractivity contribution >= 4 is 15.9 Å². The van der Waals surface area contributed by atoms with Crippen LogP contribution in [0.2, 0.25) is 0 Å². The molecule has 0 radical (unpaired) electrons. The average Bonchev–Trinajstić information content (AvgIpc) is 2.22. The summed E-state index contributed by atoms with van der Waals surface area (Å²) in [6, 6.07) is 5.20. The molecule has 1 atom stereocenters. The molecule has 0 fully saturated rings. The first-order chi connectivity index (χ1) is 7.56. The van der Waals surface area contributed by atoms with E-state index in [2.05, 4.69) is 35.1 Å². The molecule has 1 rings (SSSR count). The second-order valence-corrected chi connectivity index (χ2v) is 5.30. The molecule has 0 amide bonds. The van der Waals surface area contributed by atoms with Gasteiger partial charge in [-0.05, 0) is 37.9 Å². The third-order valence-electron chi connectivity index (χ3n) is 2.73. The zero-order valence-corrected chi connectivity index (χ0v) is 11.6. The SMILES string of the molecule is CNC(CCC(C)C)c1c(F)cccc1Br. The largest absolute Gasteiger partial charge is 0.313 e. The van der Waals surface area contributed by atoms with E-state index in [-0.39, 0.29) is 11.9 Å². The molecular formula is C13H19BrFN. The quantitative estimate of drug-likeness (QED) is 0.852. The van der Waals surface area contributed by atoms with E-state index >= 15 is 0 Å². The lowest BCUT2D eigenvalue weighted by atomic mass is 9.97. The molecule has 0 spiro atoms. The molecule has 0 bridgehead atoms. The normalized spacial score (nSPS) is 13.1. The van der Waals surface area contributed by atoms with Crippen molar-refractivity contribution in [2.75, 3.05) is 7.05 Å². The van der Waals surface area contributed by atoms with E-state index in [0.29, 0.717) is 5.92 Å². The van der Waals surface area contributed by atoms with Gasteiger partial charge >= 0.3 is 0 Å². The van der Waals surface area contributed by atoms with Crippen molar-refractivity contribution in [3.8, 4) is 0 Å². The molecule has 1 aromatic rings. The number of hydrogen-bond acceptors (Lipinski definition) is 1. The van der Waals surface area contributed by atoms with Crippen molar-refractivity contribution in [3.05, 3.63) is 34.1 Å². The van der Waals surface area contributed by atoms with Gasteiger partial charge in [0.05, 0.1) is 0 Å². The van der Waals surface area contributed by atoms with Crippen LogP contribution in [0.3, 0.4) is 0 Å². The fourth-order valence-corrected chi connectivity index (χ4v) is 2.39. The Morgan fingerprint density at radius 2 is 2.00 bits per heavy atom. The van der Waals surface area contributed by atoms with Crippen molar-refractivity contribution in [2.24, 2.45) is 5.92 Å². The van der Waals surface area contributed by atoms with Gasteiger partial charge in [0.2, 0.25) is 0 Å². The molecular weight excluding hydrogens is 269 g/mol. The third kappa shape index (κ3) is 3.56. The van der Waals surface area contributed by atoms with Crippen LogP contribution in [-0.4, -0.2) is 7.05 Å². The van der Waals surface area contributed by atoms with E-state index in [0.717, 1.165) is 22.9 Å². The fourth-order valence-electron chi connectivity index (χ4n) is 1.78. The maximum absolute atomic E-state index is 13.7. The van der Waals surface area contributed by atoms with E-state index in [9.17, 15) is 4.39 Å². The lowest BCUT2D eigenvalue weighted by Crippen LogP contribution is -2.18. The number of benzene rings is 1. The Labute approximate surface area is 106 Å². The predicted octanol–water partition coefficient (Wildman–Crippen LogP) is 4.28. The lowest BCUT2D eigenvalue weighted by Gasteiger charge is -2.19. The summed E-state index contributed by atoms with van der Waals surface area (Å²) in [5.41, 5.74) is 0.741. The highest BCUT2D eigenvalue weighted by Gasteiger charge is 2.17. The molecule has 0 heterocycles. The van der Waals surface area contributed by atoms with Crippen molar-refractivity contribution in [2.45, 2.75) is 32.7 Å². The number of rotatable bonds is 5. The zero-order valence-electron chi connectivity index (χ0n) is 10.1. The van der Waals surface area contributed by atoms with Crippen LogP contribution in [0.15, 0.2) is 22.7 Å². The van der Waals surface area contributed by atoms with Crippen LogP contribution in [0.1, 0.15) is 38.3 Å². The van der Waals surface area contributed by atoms with E-state index in [4.69, 9.17) is 0 Å². The van der Waals surface area contributed by atoms with Gasteiger partial charge in [-0.15, -0.1) is 0 Å². The fraction of sp³-hybridized carbons (Fsp3) is 0.538. The zero-order chi connectivity index (χ0) is 12.1. The molecule has 16 heavy (non-hydrogen) atoms. The molecule has 1 nitrogen and oxygen atoms in total.